The molecule has 0 fully saturated rings. The lowest BCUT2D eigenvalue weighted by Gasteiger charge is -2.37. The van der Waals surface area contributed by atoms with Crippen LogP contribution >= 0.6 is 0 Å². The Morgan fingerprint density at radius 2 is 0.771 bits per heavy atom. The quantitative estimate of drug-likeness (QED) is 0.303. The van der Waals surface area contributed by atoms with E-state index < -0.39 is 88.9 Å². The lowest BCUT2D eigenvalue weighted by molar-refractivity contribution is -0.401. The lowest BCUT2D eigenvalue weighted by Crippen LogP contribution is -2.60. The maximum atomic E-state index is 14.2. The van der Waals surface area contributed by atoms with Gasteiger partial charge < -0.3 is 0 Å². The van der Waals surface area contributed by atoms with Crippen molar-refractivity contribution in [3.05, 3.63) is 34.9 Å². The van der Waals surface area contributed by atoms with E-state index in [9.17, 15) is 84.1 Å². The van der Waals surface area contributed by atoms with Crippen molar-refractivity contribution in [2.24, 2.45) is 0 Å². The Labute approximate surface area is 181 Å². The molecule has 0 heterocycles. The summed E-state index contributed by atoms with van der Waals surface area (Å²) < 4.78 is 238. The number of halogens is 18. The second-order valence-corrected chi connectivity index (χ2v) is 6.85. The largest absolute Gasteiger partial charge is 0.460 e. The first kappa shape index (κ1) is 31.0. The van der Waals surface area contributed by atoms with E-state index in [1.165, 1.54) is 0 Å². The summed E-state index contributed by atoms with van der Waals surface area (Å²) in [6, 6.07) is -1.82. The van der Waals surface area contributed by atoms with Crippen LogP contribution in [0.2, 0.25) is 0 Å². The Bertz CT molecular complexity index is 855. The first-order valence-electron chi connectivity index (χ1n) is 8.25. The molecule has 0 bridgehead atoms. The molecule has 0 aliphatic carbocycles. The molecule has 203 valence electrons. The van der Waals surface area contributed by atoms with Crippen molar-refractivity contribution in [1.29, 1.82) is 0 Å². The van der Waals surface area contributed by atoms with Crippen molar-refractivity contribution in [2.75, 3.05) is 0 Å². The van der Waals surface area contributed by atoms with Crippen LogP contribution in [-0.4, -0.2) is 36.0 Å². The third kappa shape index (κ3) is 4.26. The summed E-state index contributed by atoms with van der Waals surface area (Å²) >= 11 is 0. The zero-order valence-corrected chi connectivity index (χ0v) is 16.0. The zero-order chi connectivity index (χ0) is 28.4. The summed E-state index contributed by atoms with van der Waals surface area (Å²) in [7, 11) is 0. The van der Waals surface area contributed by atoms with Crippen molar-refractivity contribution < 1.29 is 84.1 Å². The van der Waals surface area contributed by atoms with Crippen LogP contribution in [0, 0.1) is 0 Å². The molecule has 0 spiro atoms. The van der Waals surface area contributed by atoms with E-state index in [1.54, 1.807) is 0 Å². The van der Waals surface area contributed by atoms with E-state index in [2.05, 4.69) is 0 Å². The van der Waals surface area contributed by atoms with Gasteiger partial charge in [-0.15, -0.1) is 0 Å². The van der Waals surface area contributed by atoms with Crippen molar-refractivity contribution >= 4 is 0 Å². The van der Waals surface area contributed by atoms with Gasteiger partial charge in [-0.05, 0) is 6.92 Å². The highest BCUT2D eigenvalue weighted by atomic mass is 19.4. The van der Waals surface area contributed by atoms with Crippen LogP contribution in [0.15, 0.2) is 18.2 Å². The SMILES string of the molecule is CC([O])c1c(C(F)(F)C(F)(F)C(F)(F)C(F)(F)F)cccc1C(F)(F)C(F)(F)C(F)(F)C(F)(F)F. The molecule has 0 aromatic heterocycles. The van der Waals surface area contributed by atoms with E-state index in [4.69, 9.17) is 0 Å². The summed E-state index contributed by atoms with van der Waals surface area (Å²) in [4.78, 5) is 0. The molecule has 1 atom stereocenters. The van der Waals surface area contributed by atoms with Gasteiger partial charge in [-0.3, -0.25) is 0 Å². The van der Waals surface area contributed by atoms with E-state index in [0.717, 1.165) is 0 Å². The maximum absolute atomic E-state index is 14.2. The Morgan fingerprint density at radius 1 is 0.514 bits per heavy atom. The van der Waals surface area contributed by atoms with Gasteiger partial charge in [0, 0.05) is 16.7 Å². The minimum Gasteiger partial charge on any atom is -0.228 e. The average Bonchev–Trinajstić information content (AvgIpc) is 2.64. The lowest BCUT2D eigenvalue weighted by atomic mass is 9.84. The Hall–Kier alpha value is -2.08. The number of rotatable bonds is 7. The van der Waals surface area contributed by atoms with Crippen molar-refractivity contribution in [3.63, 3.8) is 0 Å². The predicted molar refractivity (Wildman–Crippen MR) is 75.2 cm³/mol. The molecule has 35 heavy (non-hydrogen) atoms. The van der Waals surface area contributed by atoms with Crippen LogP contribution in [0.1, 0.15) is 29.7 Å². The smallest absolute Gasteiger partial charge is 0.228 e. The molecule has 0 aliphatic rings. The van der Waals surface area contributed by atoms with Gasteiger partial charge in [0.2, 0.25) is 0 Å². The molecular weight excluding hydrogens is 550 g/mol. The molecule has 0 aliphatic heterocycles. The van der Waals surface area contributed by atoms with Crippen molar-refractivity contribution in [3.8, 4) is 0 Å². The van der Waals surface area contributed by atoms with Gasteiger partial charge in [-0.1, -0.05) is 18.2 Å². The molecule has 1 aromatic rings. The van der Waals surface area contributed by atoms with Crippen LogP contribution in [-0.2, 0) is 17.0 Å². The van der Waals surface area contributed by atoms with E-state index in [-0.39, 0.29) is 6.92 Å². The fourth-order valence-corrected chi connectivity index (χ4v) is 2.64. The molecule has 1 aromatic carbocycles. The first-order chi connectivity index (χ1) is 15.0. The van der Waals surface area contributed by atoms with Gasteiger partial charge in [0.15, 0.2) is 0 Å². The zero-order valence-electron chi connectivity index (χ0n) is 16.0. The Balaban J connectivity index is 4.04. The molecular formula is C16H7F18O. The van der Waals surface area contributed by atoms with Crippen LogP contribution in [0.25, 0.3) is 0 Å². The summed E-state index contributed by atoms with van der Waals surface area (Å²) in [6.07, 6.45) is -18.3. The number of hydrogen-bond acceptors (Lipinski definition) is 0. The summed E-state index contributed by atoms with van der Waals surface area (Å²) in [5.41, 5.74) is -9.22. The van der Waals surface area contributed by atoms with E-state index >= 15 is 0 Å². The van der Waals surface area contributed by atoms with Crippen molar-refractivity contribution in [1.82, 2.24) is 0 Å². The van der Waals surface area contributed by atoms with Crippen LogP contribution < -0.4 is 0 Å². The fourth-order valence-electron chi connectivity index (χ4n) is 2.64. The molecule has 1 radical (unpaired) electrons. The summed E-state index contributed by atoms with van der Waals surface area (Å²) in [6.45, 7) is -0.130. The fraction of sp³-hybridized carbons (Fsp3) is 0.625. The minimum absolute atomic E-state index is 0.130. The number of hydrogen-bond donors (Lipinski definition) is 0. The Kier molecular flexibility index (Phi) is 7.27. The van der Waals surface area contributed by atoms with Crippen molar-refractivity contribution in [2.45, 2.75) is 60.9 Å². The maximum Gasteiger partial charge on any atom is 0.460 e. The van der Waals surface area contributed by atoms with Gasteiger partial charge in [-0.2, -0.15) is 79.0 Å². The van der Waals surface area contributed by atoms with E-state index in [0.29, 0.717) is 0 Å². The van der Waals surface area contributed by atoms with Crippen LogP contribution in [0.3, 0.4) is 0 Å². The molecule has 1 nitrogen and oxygen atoms in total. The number of benzene rings is 1. The normalized spacial score (nSPS) is 16.5. The molecule has 0 saturated heterocycles. The molecule has 0 N–H and O–H groups in total. The van der Waals surface area contributed by atoms with Gasteiger partial charge >= 0.3 is 47.9 Å². The summed E-state index contributed by atoms with van der Waals surface area (Å²) in [5.74, 6) is -44.5. The number of alkyl halides is 18. The highest BCUT2D eigenvalue weighted by molar-refractivity contribution is 5.44. The third-order valence-electron chi connectivity index (χ3n) is 4.48. The molecule has 19 heteroatoms. The second-order valence-electron chi connectivity index (χ2n) is 6.85. The topological polar surface area (TPSA) is 19.9 Å². The summed E-state index contributed by atoms with van der Waals surface area (Å²) in [5, 5.41) is 11.6. The second kappa shape index (κ2) is 8.22. The van der Waals surface area contributed by atoms with E-state index in [1.807, 2.05) is 0 Å². The predicted octanol–water partition coefficient (Wildman–Crippen LogP) is 8.03. The standard InChI is InChI=1S/C16H7F18O/c1-5(35)8-6(9(17,18)11(21,22)13(25,26)15(29,30)31)3-2-4-7(8)10(19,20)12(23,24)14(27,28)16(32,33)34/h2-5H,1H3. The minimum atomic E-state index is -7.65. The van der Waals surface area contributed by atoms with Crippen LogP contribution in [0.4, 0.5) is 79.0 Å². The molecule has 0 saturated carbocycles. The van der Waals surface area contributed by atoms with Gasteiger partial charge in [0.05, 0.1) is 0 Å². The molecule has 0 amide bonds. The van der Waals surface area contributed by atoms with Gasteiger partial charge in [0.25, 0.3) is 0 Å². The highest BCUT2D eigenvalue weighted by Crippen LogP contribution is 2.60. The monoisotopic (exact) mass is 557 g/mol. The first-order valence-corrected chi connectivity index (χ1v) is 8.25. The highest BCUT2D eigenvalue weighted by Gasteiger charge is 2.84. The van der Waals surface area contributed by atoms with Gasteiger partial charge in [-0.25, -0.2) is 5.11 Å². The average molecular weight is 557 g/mol. The molecule has 1 unspecified atom stereocenters. The Morgan fingerprint density at radius 3 is 0.971 bits per heavy atom. The van der Waals surface area contributed by atoms with Crippen LogP contribution in [0.5, 0.6) is 0 Å². The third-order valence-corrected chi connectivity index (χ3v) is 4.48. The molecule has 1 rings (SSSR count). The van der Waals surface area contributed by atoms with Gasteiger partial charge in [0.1, 0.15) is 6.10 Å².